The normalized spacial score (nSPS) is 21.2. The van der Waals surface area contributed by atoms with Crippen LogP contribution in [0, 0.1) is 17.8 Å². The summed E-state index contributed by atoms with van der Waals surface area (Å²) in [6.07, 6.45) is 3.74. The largest absolute Gasteiger partial charge is 0.372 e. The number of piperidine rings is 1. The third kappa shape index (κ3) is 5.02. The van der Waals surface area contributed by atoms with Crippen LogP contribution in [0.25, 0.3) is 0 Å². The standard InChI is InChI=1S/C22H33N3O2/c1-16(2)8-11-23-22(27)18-14-21(26)25(15-18)20-6-4-19(5-7-20)24-12-9-17(3)10-13-24/h4-7,16-18H,8-15H2,1-3H3,(H,23,27). The summed E-state index contributed by atoms with van der Waals surface area (Å²) in [6, 6.07) is 8.25. The van der Waals surface area contributed by atoms with Crippen LogP contribution in [0.15, 0.2) is 24.3 Å². The molecule has 0 aromatic heterocycles. The average Bonchev–Trinajstić information content (AvgIpc) is 3.04. The van der Waals surface area contributed by atoms with E-state index >= 15 is 0 Å². The van der Waals surface area contributed by atoms with Gasteiger partial charge in [-0.3, -0.25) is 9.59 Å². The molecule has 5 heteroatoms. The van der Waals surface area contributed by atoms with Crippen molar-refractivity contribution in [1.82, 2.24) is 5.32 Å². The van der Waals surface area contributed by atoms with Crippen molar-refractivity contribution in [3.63, 3.8) is 0 Å². The maximum atomic E-state index is 12.4. The molecule has 2 amide bonds. The summed E-state index contributed by atoms with van der Waals surface area (Å²) in [6.45, 7) is 9.96. The molecule has 1 aromatic carbocycles. The molecule has 148 valence electrons. The maximum Gasteiger partial charge on any atom is 0.227 e. The lowest BCUT2D eigenvalue weighted by Gasteiger charge is -2.32. The summed E-state index contributed by atoms with van der Waals surface area (Å²) in [5.74, 6) is 1.18. The van der Waals surface area contributed by atoms with E-state index in [4.69, 9.17) is 0 Å². The van der Waals surface area contributed by atoms with Crippen LogP contribution in [0.3, 0.4) is 0 Å². The van der Waals surface area contributed by atoms with Gasteiger partial charge >= 0.3 is 0 Å². The van der Waals surface area contributed by atoms with Crippen molar-refractivity contribution in [2.24, 2.45) is 17.8 Å². The zero-order valence-electron chi connectivity index (χ0n) is 16.9. The Balaban J connectivity index is 1.56. The number of rotatable bonds is 6. The predicted octanol–water partition coefficient (Wildman–Crippen LogP) is 3.44. The first-order valence-electron chi connectivity index (χ1n) is 10.4. The van der Waals surface area contributed by atoms with Crippen molar-refractivity contribution in [3.05, 3.63) is 24.3 Å². The van der Waals surface area contributed by atoms with Gasteiger partial charge in [0.15, 0.2) is 0 Å². The van der Waals surface area contributed by atoms with Gasteiger partial charge in [0.1, 0.15) is 0 Å². The number of amides is 2. The van der Waals surface area contributed by atoms with Crippen LogP contribution in [0.2, 0.25) is 0 Å². The first kappa shape index (κ1) is 19.7. The third-order valence-corrected chi connectivity index (χ3v) is 5.83. The van der Waals surface area contributed by atoms with Crippen LogP contribution < -0.4 is 15.1 Å². The molecular weight excluding hydrogens is 338 g/mol. The Kier molecular flexibility index (Phi) is 6.40. The molecule has 0 spiro atoms. The van der Waals surface area contributed by atoms with Gasteiger partial charge in [-0.1, -0.05) is 20.8 Å². The van der Waals surface area contributed by atoms with Crippen molar-refractivity contribution in [2.45, 2.75) is 46.5 Å². The number of nitrogens with zero attached hydrogens (tertiary/aromatic N) is 2. The van der Waals surface area contributed by atoms with E-state index in [2.05, 4.69) is 43.1 Å². The van der Waals surface area contributed by atoms with Crippen LogP contribution in [-0.4, -0.2) is 38.0 Å². The highest BCUT2D eigenvalue weighted by molar-refractivity contribution is 6.00. The zero-order chi connectivity index (χ0) is 19.4. The van der Waals surface area contributed by atoms with Gasteiger partial charge in [-0.25, -0.2) is 0 Å². The summed E-state index contributed by atoms with van der Waals surface area (Å²) in [4.78, 5) is 28.9. The number of benzene rings is 1. The second-order valence-corrected chi connectivity index (χ2v) is 8.56. The van der Waals surface area contributed by atoms with Crippen molar-refractivity contribution in [3.8, 4) is 0 Å². The smallest absolute Gasteiger partial charge is 0.227 e. The van der Waals surface area contributed by atoms with Gasteiger partial charge in [0, 0.05) is 44.0 Å². The molecule has 2 heterocycles. The highest BCUT2D eigenvalue weighted by atomic mass is 16.2. The molecule has 2 saturated heterocycles. The van der Waals surface area contributed by atoms with E-state index in [-0.39, 0.29) is 17.7 Å². The van der Waals surface area contributed by atoms with Gasteiger partial charge in [0.05, 0.1) is 5.92 Å². The molecule has 0 aliphatic carbocycles. The minimum atomic E-state index is -0.243. The van der Waals surface area contributed by atoms with Gasteiger partial charge < -0.3 is 15.1 Å². The van der Waals surface area contributed by atoms with E-state index < -0.39 is 0 Å². The Labute approximate surface area is 163 Å². The van der Waals surface area contributed by atoms with Crippen LogP contribution >= 0.6 is 0 Å². The SMILES string of the molecule is CC(C)CCNC(=O)C1CC(=O)N(c2ccc(N3CCC(C)CC3)cc2)C1. The molecule has 0 saturated carbocycles. The van der Waals surface area contributed by atoms with Gasteiger partial charge in [-0.2, -0.15) is 0 Å². The molecule has 1 atom stereocenters. The summed E-state index contributed by atoms with van der Waals surface area (Å²) in [5.41, 5.74) is 2.12. The van der Waals surface area contributed by atoms with Gasteiger partial charge in [-0.15, -0.1) is 0 Å². The molecule has 1 N–H and O–H groups in total. The number of carbonyl (C=O) groups is 2. The quantitative estimate of drug-likeness (QED) is 0.833. The van der Waals surface area contributed by atoms with Crippen molar-refractivity contribution < 1.29 is 9.59 Å². The first-order chi connectivity index (χ1) is 12.9. The maximum absolute atomic E-state index is 12.4. The average molecular weight is 372 g/mol. The molecule has 27 heavy (non-hydrogen) atoms. The molecule has 1 unspecified atom stereocenters. The molecule has 0 bridgehead atoms. The third-order valence-electron chi connectivity index (χ3n) is 5.83. The molecule has 2 aliphatic rings. The van der Waals surface area contributed by atoms with E-state index in [0.29, 0.717) is 25.4 Å². The minimum absolute atomic E-state index is 0.00515. The number of nitrogens with one attached hydrogen (secondary N) is 1. The monoisotopic (exact) mass is 371 g/mol. The van der Waals surface area contributed by atoms with Gasteiger partial charge in [0.25, 0.3) is 0 Å². The fraction of sp³-hybridized carbons (Fsp3) is 0.636. The Morgan fingerprint density at radius 1 is 1.15 bits per heavy atom. The van der Waals surface area contributed by atoms with Crippen LogP contribution in [0.5, 0.6) is 0 Å². The molecule has 2 aliphatic heterocycles. The summed E-state index contributed by atoms with van der Waals surface area (Å²) in [7, 11) is 0. The molecule has 1 aromatic rings. The Morgan fingerprint density at radius 3 is 2.41 bits per heavy atom. The summed E-state index contributed by atoms with van der Waals surface area (Å²) < 4.78 is 0. The van der Waals surface area contributed by atoms with Crippen LogP contribution in [0.4, 0.5) is 11.4 Å². The predicted molar refractivity (Wildman–Crippen MR) is 110 cm³/mol. The minimum Gasteiger partial charge on any atom is -0.372 e. The molecule has 3 rings (SSSR count). The van der Waals surface area contributed by atoms with E-state index in [9.17, 15) is 9.59 Å². The molecule has 2 fully saturated rings. The van der Waals surface area contributed by atoms with E-state index in [1.807, 2.05) is 12.1 Å². The molecular formula is C22H33N3O2. The Hall–Kier alpha value is -2.04. The lowest BCUT2D eigenvalue weighted by molar-refractivity contribution is -0.126. The molecule has 0 radical (unpaired) electrons. The topological polar surface area (TPSA) is 52.7 Å². The number of hydrogen-bond donors (Lipinski definition) is 1. The Morgan fingerprint density at radius 2 is 1.78 bits per heavy atom. The van der Waals surface area contributed by atoms with E-state index in [0.717, 1.165) is 31.1 Å². The lowest BCUT2D eigenvalue weighted by atomic mass is 9.99. The van der Waals surface area contributed by atoms with E-state index in [1.54, 1.807) is 4.90 Å². The van der Waals surface area contributed by atoms with Crippen LogP contribution in [-0.2, 0) is 9.59 Å². The first-order valence-corrected chi connectivity index (χ1v) is 10.4. The van der Waals surface area contributed by atoms with E-state index in [1.165, 1.54) is 18.5 Å². The second-order valence-electron chi connectivity index (χ2n) is 8.56. The number of hydrogen-bond acceptors (Lipinski definition) is 3. The zero-order valence-corrected chi connectivity index (χ0v) is 16.9. The number of carbonyl (C=O) groups excluding carboxylic acids is 2. The fourth-order valence-corrected chi connectivity index (χ4v) is 3.87. The fourth-order valence-electron chi connectivity index (χ4n) is 3.87. The summed E-state index contributed by atoms with van der Waals surface area (Å²) in [5, 5.41) is 2.98. The van der Waals surface area contributed by atoms with Gasteiger partial charge in [0.2, 0.25) is 11.8 Å². The van der Waals surface area contributed by atoms with Crippen molar-refractivity contribution in [1.29, 1.82) is 0 Å². The van der Waals surface area contributed by atoms with Crippen molar-refractivity contribution in [2.75, 3.05) is 36.0 Å². The van der Waals surface area contributed by atoms with Crippen molar-refractivity contribution >= 4 is 23.2 Å². The second kappa shape index (κ2) is 8.77. The molecule has 5 nitrogen and oxygen atoms in total. The van der Waals surface area contributed by atoms with Gasteiger partial charge in [-0.05, 0) is 55.4 Å². The highest BCUT2D eigenvalue weighted by Crippen LogP contribution is 2.29. The highest BCUT2D eigenvalue weighted by Gasteiger charge is 2.35. The van der Waals surface area contributed by atoms with Crippen LogP contribution in [0.1, 0.15) is 46.5 Å². The Bertz CT molecular complexity index is 648. The lowest BCUT2D eigenvalue weighted by Crippen LogP contribution is -2.34. The number of anilines is 2. The summed E-state index contributed by atoms with van der Waals surface area (Å²) >= 11 is 0.